The third kappa shape index (κ3) is 3.97. The largest absolute Gasteiger partial charge is 0.450 e. The van der Waals surface area contributed by atoms with Gasteiger partial charge in [0.15, 0.2) is 0 Å². The Morgan fingerprint density at radius 2 is 1.95 bits per heavy atom. The van der Waals surface area contributed by atoms with Gasteiger partial charge in [-0.3, -0.25) is 4.90 Å². The third-order valence-electron chi connectivity index (χ3n) is 3.91. The quantitative estimate of drug-likeness (QED) is 0.847. The van der Waals surface area contributed by atoms with E-state index in [1.807, 2.05) is 20.0 Å². The predicted octanol–water partition coefficient (Wildman–Crippen LogP) is 2.74. The summed E-state index contributed by atoms with van der Waals surface area (Å²) >= 11 is 0. The van der Waals surface area contributed by atoms with E-state index in [9.17, 15) is 4.79 Å². The molecule has 1 amide bonds. The zero-order valence-corrected chi connectivity index (χ0v) is 12.4. The number of carbonyl (C=O) groups is 1. The maximum Gasteiger partial charge on any atom is 0.409 e. The average molecular weight is 276 g/mol. The molecule has 1 aliphatic heterocycles. The highest BCUT2D eigenvalue weighted by Gasteiger charge is 2.25. The van der Waals surface area contributed by atoms with E-state index < -0.39 is 0 Å². The lowest BCUT2D eigenvalue weighted by molar-refractivity contribution is 0.0789. The van der Waals surface area contributed by atoms with Crippen molar-refractivity contribution in [2.24, 2.45) is 0 Å². The van der Waals surface area contributed by atoms with Crippen molar-refractivity contribution >= 4 is 6.09 Å². The number of ether oxygens (including phenoxy) is 1. The number of carbonyl (C=O) groups excluding carboxylic acids is 1. The molecule has 1 heterocycles. The fourth-order valence-corrected chi connectivity index (χ4v) is 2.68. The van der Waals surface area contributed by atoms with E-state index in [1.54, 1.807) is 4.90 Å². The molecule has 1 aromatic carbocycles. The fraction of sp³-hybridized carbons (Fsp3) is 0.562. The molecule has 1 aromatic rings. The van der Waals surface area contributed by atoms with E-state index in [-0.39, 0.29) is 6.09 Å². The maximum atomic E-state index is 11.7. The van der Waals surface area contributed by atoms with Gasteiger partial charge in [-0.2, -0.15) is 0 Å². The van der Waals surface area contributed by atoms with Crippen molar-refractivity contribution < 1.29 is 9.53 Å². The van der Waals surface area contributed by atoms with Crippen molar-refractivity contribution in [2.45, 2.75) is 32.4 Å². The van der Waals surface area contributed by atoms with E-state index in [0.29, 0.717) is 12.6 Å². The third-order valence-corrected chi connectivity index (χ3v) is 3.91. The van der Waals surface area contributed by atoms with Crippen LogP contribution in [0.25, 0.3) is 0 Å². The van der Waals surface area contributed by atoms with Gasteiger partial charge in [0, 0.05) is 32.7 Å². The van der Waals surface area contributed by atoms with Gasteiger partial charge in [-0.05, 0) is 25.3 Å². The highest BCUT2D eigenvalue weighted by Crippen LogP contribution is 2.18. The molecule has 4 heteroatoms. The lowest BCUT2D eigenvalue weighted by Gasteiger charge is -2.36. The topological polar surface area (TPSA) is 32.8 Å². The van der Waals surface area contributed by atoms with Crippen LogP contribution >= 0.6 is 0 Å². The smallest absolute Gasteiger partial charge is 0.409 e. The Kier molecular flexibility index (Phi) is 5.41. The molecule has 0 aromatic heterocycles. The van der Waals surface area contributed by atoms with Crippen molar-refractivity contribution in [3.05, 3.63) is 35.9 Å². The van der Waals surface area contributed by atoms with E-state index in [4.69, 9.17) is 4.74 Å². The summed E-state index contributed by atoms with van der Waals surface area (Å²) in [6, 6.07) is 10.8. The fourth-order valence-electron chi connectivity index (χ4n) is 2.68. The molecule has 0 unspecified atom stereocenters. The summed E-state index contributed by atoms with van der Waals surface area (Å²) in [7, 11) is 1.84. The van der Waals surface area contributed by atoms with Gasteiger partial charge in [0.25, 0.3) is 0 Å². The van der Waals surface area contributed by atoms with Crippen LogP contribution in [0.15, 0.2) is 30.3 Å². The van der Waals surface area contributed by atoms with Crippen LogP contribution in [-0.4, -0.2) is 48.7 Å². The summed E-state index contributed by atoms with van der Waals surface area (Å²) in [4.78, 5) is 15.9. The first-order valence-electron chi connectivity index (χ1n) is 7.36. The SMILES string of the molecule is CCOC(=O)N(C)C1CCN(Cc2ccccc2)CC1. The number of hydrogen-bond acceptors (Lipinski definition) is 3. The van der Waals surface area contributed by atoms with Crippen LogP contribution in [-0.2, 0) is 11.3 Å². The average Bonchev–Trinajstić information content (AvgIpc) is 2.48. The minimum atomic E-state index is -0.200. The summed E-state index contributed by atoms with van der Waals surface area (Å²) in [5.41, 5.74) is 1.35. The summed E-state index contributed by atoms with van der Waals surface area (Å²) in [6.07, 6.45) is 1.83. The molecule has 4 nitrogen and oxygen atoms in total. The van der Waals surface area contributed by atoms with Crippen molar-refractivity contribution in [1.82, 2.24) is 9.80 Å². The Hall–Kier alpha value is -1.55. The van der Waals surface area contributed by atoms with Crippen molar-refractivity contribution in [2.75, 3.05) is 26.7 Å². The Bertz CT molecular complexity index is 414. The highest BCUT2D eigenvalue weighted by molar-refractivity contribution is 5.67. The van der Waals surface area contributed by atoms with Gasteiger partial charge in [0.1, 0.15) is 0 Å². The maximum absolute atomic E-state index is 11.7. The Balaban J connectivity index is 1.79. The van der Waals surface area contributed by atoms with Crippen LogP contribution < -0.4 is 0 Å². The van der Waals surface area contributed by atoms with Crippen molar-refractivity contribution in [3.8, 4) is 0 Å². The number of likely N-dealkylation sites (tertiary alicyclic amines) is 1. The first-order valence-corrected chi connectivity index (χ1v) is 7.36. The van der Waals surface area contributed by atoms with Gasteiger partial charge in [-0.1, -0.05) is 30.3 Å². The van der Waals surface area contributed by atoms with Crippen LogP contribution in [0.4, 0.5) is 4.79 Å². The molecule has 0 bridgehead atoms. The van der Waals surface area contributed by atoms with Crippen LogP contribution in [0, 0.1) is 0 Å². The van der Waals surface area contributed by atoms with Gasteiger partial charge in [0.05, 0.1) is 6.61 Å². The number of nitrogens with zero attached hydrogens (tertiary/aromatic N) is 2. The standard InChI is InChI=1S/C16H24N2O2/c1-3-20-16(19)17(2)15-9-11-18(12-10-15)13-14-7-5-4-6-8-14/h4-8,15H,3,9-13H2,1-2H3. The molecule has 1 saturated heterocycles. The molecule has 20 heavy (non-hydrogen) atoms. The van der Waals surface area contributed by atoms with Gasteiger partial charge in [-0.15, -0.1) is 0 Å². The molecule has 0 N–H and O–H groups in total. The van der Waals surface area contributed by atoms with Crippen LogP contribution in [0.2, 0.25) is 0 Å². The lowest BCUT2D eigenvalue weighted by Crippen LogP contribution is -2.45. The van der Waals surface area contributed by atoms with Crippen LogP contribution in [0.3, 0.4) is 0 Å². The number of hydrogen-bond donors (Lipinski definition) is 0. The van der Waals surface area contributed by atoms with E-state index in [1.165, 1.54) is 5.56 Å². The van der Waals surface area contributed by atoms with Gasteiger partial charge >= 0.3 is 6.09 Å². The predicted molar refractivity (Wildman–Crippen MR) is 79.5 cm³/mol. The summed E-state index contributed by atoms with van der Waals surface area (Å²) < 4.78 is 5.05. The molecule has 0 radical (unpaired) electrons. The van der Waals surface area contributed by atoms with Crippen molar-refractivity contribution in [3.63, 3.8) is 0 Å². The molecule has 0 saturated carbocycles. The zero-order chi connectivity index (χ0) is 14.4. The second kappa shape index (κ2) is 7.29. The molecule has 2 rings (SSSR count). The molecular weight excluding hydrogens is 252 g/mol. The second-order valence-corrected chi connectivity index (χ2v) is 5.30. The number of amides is 1. The molecular formula is C16H24N2O2. The number of rotatable bonds is 4. The summed E-state index contributed by atoms with van der Waals surface area (Å²) in [6.45, 7) is 5.34. The monoisotopic (exact) mass is 276 g/mol. The summed E-state index contributed by atoms with van der Waals surface area (Å²) in [5, 5.41) is 0. The summed E-state index contributed by atoms with van der Waals surface area (Å²) in [5.74, 6) is 0. The molecule has 1 aliphatic rings. The number of benzene rings is 1. The minimum absolute atomic E-state index is 0.200. The van der Waals surface area contributed by atoms with Gasteiger partial charge in [-0.25, -0.2) is 4.79 Å². The minimum Gasteiger partial charge on any atom is -0.450 e. The van der Waals surface area contributed by atoms with Gasteiger partial charge in [0.2, 0.25) is 0 Å². The molecule has 0 atom stereocenters. The first kappa shape index (κ1) is 14.9. The van der Waals surface area contributed by atoms with Crippen LogP contribution in [0.1, 0.15) is 25.3 Å². The molecule has 0 spiro atoms. The molecule has 110 valence electrons. The Morgan fingerprint density at radius 1 is 1.30 bits per heavy atom. The molecule has 0 aliphatic carbocycles. The lowest BCUT2D eigenvalue weighted by atomic mass is 10.0. The van der Waals surface area contributed by atoms with Crippen LogP contribution in [0.5, 0.6) is 0 Å². The zero-order valence-electron chi connectivity index (χ0n) is 12.4. The highest BCUT2D eigenvalue weighted by atomic mass is 16.6. The second-order valence-electron chi connectivity index (χ2n) is 5.30. The normalized spacial score (nSPS) is 16.9. The Labute approximate surface area is 121 Å². The Morgan fingerprint density at radius 3 is 2.55 bits per heavy atom. The van der Waals surface area contributed by atoms with E-state index >= 15 is 0 Å². The van der Waals surface area contributed by atoms with E-state index in [0.717, 1.165) is 32.5 Å². The van der Waals surface area contributed by atoms with E-state index in [2.05, 4.69) is 29.2 Å². The molecule has 1 fully saturated rings. The van der Waals surface area contributed by atoms with Crippen molar-refractivity contribution in [1.29, 1.82) is 0 Å². The number of piperidine rings is 1. The first-order chi connectivity index (χ1) is 9.70. The van der Waals surface area contributed by atoms with Gasteiger partial charge < -0.3 is 9.64 Å².